The predicted molar refractivity (Wildman–Crippen MR) is 97.4 cm³/mol. The third kappa shape index (κ3) is 6.69. The van der Waals surface area contributed by atoms with Gasteiger partial charge in [0.25, 0.3) is 15.8 Å². The van der Waals surface area contributed by atoms with E-state index in [-0.39, 0.29) is 5.69 Å². The third-order valence-electron chi connectivity index (χ3n) is 3.61. The summed E-state index contributed by atoms with van der Waals surface area (Å²) in [4.78, 5) is 10.5. The Kier molecular flexibility index (Phi) is 7.78. The summed E-state index contributed by atoms with van der Waals surface area (Å²) >= 11 is 5.66. The highest BCUT2D eigenvalue weighted by Gasteiger charge is 2.43. The standard InChI is InChI=1S/C14H19ClN2O4.CH4O3S/c1-14(2)13(18)12(16-7-3-6-15)10-8-9(17(19)20)4-5-11(10)21-14;1-5(2,3)4/h4-5,8,12-13,16,18H,3,6-7H2,1-2H3;1H3,(H,2,3,4)/t12-,13+;/m0./s1. The van der Waals surface area contributed by atoms with Gasteiger partial charge in [0.1, 0.15) is 17.5 Å². The van der Waals surface area contributed by atoms with Gasteiger partial charge in [0, 0.05) is 23.6 Å². The van der Waals surface area contributed by atoms with Crippen molar-refractivity contribution in [3.63, 3.8) is 0 Å². The number of ether oxygens (including phenoxy) is 1. The lowest BCUT2D eigenvalue weighted by Crippen LogP contribution is -2.52. The minimum atomic E-state index is -3.67. The fourth-order valence-corrected chi connectivity index (χ4v) is 2.58. The van der Waals surface area contributed by atoms with Gasteiger partial charge in [-0.15, -0.1) is 11.6 Å². The number of nitrogens with one attached hydrogen (secondary N) is 1. The molecule has 0 saturated carbocycles. The molecule has 0 amide bonds. The minimum absolute atomic E-state index is 0.0200. The van der Waals surface area contributed by atoms with Crippen molar-refractivity contribution < 1.29 is 27.7 Å². The molecule has 2 rings (SSSR count). The van der Waals surface area contributed by atoms with Gasteiger partial charge in [-0.05, 0) is 32.9 Å². The van der Waals surface area contributed by atoms with E-state index in [4.69, 9.17) is 20.9 Å². The van der Waals surface area contributed by atoms with E-state index in [1.54, 1.807) is 19.9 Å². The second-order valence-electron chi connectivity index (χ2n) is 6.34. The van der Waals surface area contributed by atoms with Crippen LogP contribution in [0.25, 0.3) is 0 Å². The zero-order valence-electron chi connectivity index (χ0n) is 14.7. The van der Waals surface area contributed by atoms with E-state index in [2.05, 4.69) is 5.32 Å². The monoisotopic (exact) mass is 410 g/mol. The van der Waals surface area contributed by atoms with Crippen LogP contribution in [-0.4, -0.2) is 53.4 Å². The molecule has 0 unspecified atom stereocenters. The molecule has 9 nitrogen and oxygen atoms in total. The number of halogens is 1. The van der Waals surface area contributed by atoms with Gasteiger partial charge in [-0.2, -0.15) is 8.42 Å². The maximum Gasteiger partial charge on any atom is 0.270 e. The molecule has 0 spiro atoms. The van der Waals surface area contributed by atoms with Crippen molar-refractivity contribution in [1.82, 2.24) is 5.32 Å². The number of rotatable bonds is 5. The molecule has 148 valence electrons. The first-order chi connectivity index (χ1) is 11.9. The van der Waals surface area contributed by atoms with E-state index >= 15 is 0 Å². The molecule has 11 heteroatoms. The summed E-state index contributed by atoms with van der Waals surface area (Å²) in [5, 5.41) is 24.6. The summed E-state index contributed by atoms with van der Waals surface area (Å²) in [6.45, 7) is 4.19. The van der Waals surface area contributed by atoms with Crippen LogP contribution in [0, 0.1) is 10.1 Å². The molecule has 1 aliphatic heterocycles. The average molecular weight is 411 g/mol. The number of hydrogen-bond donors (Lipinski definition) is 3. The second-order valence-corrected chi connectivity index (χ2v) is 8.18. The number of non-ortho nitro benzene ring substituents is 1. The molecule has 0 radical (unpaired) electrons. The number of aliphatic hydroxyl groups excluding tert-OH is 1. The molecule has 1 aliphatic rings. The van der Waals surface area contributed by atoms with Gasteiger partial charge in [0.2, 0.25) is 0 Å². The Morgan fingerprint density at radius 1 is 1.42 bits per heavy atom. The number of fused-ring (bicyclic) bond motifs is 1. The lowest BCUT2D eigenvalue weighted by molar-refractivity contribution is -0.385. The van der Waals surface area contributed by atoms with Gasteiger partial charge in [0.15, 0.2) is 0 Å². The molecule has 1 aromatic carbocycles. The molecule has 0 saturated heterocycles. The number of nitro benzene ring substituents is 1. The SMILES string of the molecule is CC1(C)Oc2ccc([N+](=O)[O-])cc2[C@H](NCCCCl)[C@H]1O.CS(=O)(=O)O. The van der Waals surface area contributed by atoms with Gasteiger partial charge in [0.05, 0.1) is 17.2 Å². The first-order valence-corrected chi connectivity index (χ1v) is 10.1. The molecular formula is C15H23ClN2O7S. The van der Waals surface area contributed by atoms with Crippen molar-refractivity contribution >= 4 is 27.4 Å². The quantitative estimate of drug-likeness (QED) is 0.220. The van der Waals surface area contributed by atoms with Crippen LogP contribution >= 0.6 is 11.6 Å². The van der Waals surface area contributed by atoms with E-state index in [1.807, 2.05) is 0 Å². The topological polar surface area (TPSA) is 139 Å². The summed E-state index contributed by atoms with van der Waals surface area (Å²) in [6.07, 6.45) is 0.644. The fourth-order valence-electron chi connectivity index (χ4n) is 2.45. The van der Waals surface area contributed by atoms with Crippen molar-refractivity contribution in [2.45, 2.75) is 38.0 Å². The number of nitro groups is 1. The highest BCUT2D eigenvalue weighted by Crippen LogP contribution is 2.41. The van der Waals surface area contributed by atoms with Crippen LogP contribution in [0.15, 0.2) is 18.2 Å². The Morgan fingerprint density at radius 3 is 2.50 bits per heavy atom. The summed E-state index contributed by atoms with van der Waals surface area (Å²) in [5.74, 6) is 1.07. The highest BCUT2D eigenvalue weighted by molar-refractivity contribution is 7.85. The van der Waals surface area contributed by atoms with Crippen LogP contribution in [-0.2, 0) is 10.1 Å². The molecule has 1 heterocycles. The summed E-state index contributed by atoms with van der Waals surface area (Å²) in [7, 11) is -3.67. The molecule has 2 atom stereocenters. The molecule has 3 N–H and O–H groups in total. The van der Waals surface area contributed by atoms with Gasteiger partial charge in [-0.25, -0.2) is 0 Å². The van der Waals surface area contributed by atoms with Crippen molar-refractivity contribution in [2.75, 3.05) is 18.7 Å². The normalized spacial score (nSPS) is 21.0. The van der Waals surface area contributed by atoms with Gasteiger partial charge in [-0.1, -0.05) is 0 Å². The van der Waals surface area contributed by atoms with Gasteiger partial charge >= 0.3 is 0 Å². The van der Waals surface area contributed by atoms with E-state index in [9.17, 15) is 23.6 Å². The first-order valence-electron chi connectivity index (χ1n) is 7.74. The van der Waals surface area contributed by atoms with Crippen molar-refractivity contribution in [3.05, 3.63) is 33.9 Å². The number of benzene rings is 1. The maximum absolute atomic E-state index is 10.9. The summed E-state index contributed by atoms with van der Waals surface area (Å²) < 4.78 is 31.6. The van der Waals surface area contributed by atoms with Crippen LogP contribution in [0.5, 0.6) is 5.75 Å². The van der Waals surface area contributed by atoms with Crippen LogP contribution in [0.3, 0.4) is 0 Å². The van der Waals surface area contributed by atoms with Gasteiger partial charge in [-0.3, -0.25) is 14.7 Å². The van der Waals surface area contributed by atoms with E-state index in [0.29, 0.717) is 30.0 Å². The highest BCUT2D eigenvalue weighted by atomic mass is 35.5. The predicted octanol–water partition coefficient (Wildman–Crippen LogP) is 1.89. The lowest BCUT2D eigenvalue weighted by Gasteiger charge is -2.42. The minimum Gasteiger partial charge on any atom is -0.485 e. The number of aliphatic hydroxyl groups is 1. The maximum atomic E-state index is 10.9. The van der Waals surface area contributed by atoms with Crippen LogP contribution in [0.4, 0.5) is 5.69 Å². The molecule has 0 bridgehead atoms. The fraction of sp³-hybridized carbons (Fsp3) is 0.600. The number of alkyl halides is 1. The zero-order valence-corrected chi connectivity index (χ0v) is 16.2. The van der Waals surface area contributed by atoms with Crippen LogP contribution in [0.2, 0.25) is 0 Å². The molecule has 0 fully saturated rings. The Bertz CT molecular complexity index is 732. The molecule has 1 aromatic rings. The smallest absolute Gasteiger partial charge is 0.270 e. The molecule has 26 heavy (non-hydrogen) atoms. The largest absolute Gasteiger partial charge is 0.485 e. The molecule has 0 aromatic heterocycles. The van der Waals surface area contributed by atoms with Crippen LogP contribution < -0.4 is 10.1 Å². The Hall–Kier alpha value is -1.46. The summed E-state index contributed by atoms with van der Waals surface area (Å²) in [6, 6.07) is 4.01. The first kappa shape index (κ1) is 22.6. The summed E-state index contributed by atoms with van der Waals surface area (Å²) in [5.41, 5.74) is -0.194. The van der Waals surface area contributed by atoms with E-state index < -0.39 is 32.8 Å². The Balaban J connectivity index is 0.000000597. The average Bonchev–Trinajstić information content (AvgIpc) is 2.48. The number of nitrogens with zero attached hydrogens (tertiary/aromatic N) is 1. The molecule has 0 aliphatic carbocycles. The van der Waals surface area contributed by atoms with E-state index in [0.717, 1.165) is 6.42 Å². The van der Waals surface area contributed by atoms with Crippen molar-refractivity contribution in [1.29, 1.82) is 0 Å². The molecular weight excluding hydrogens is 388 g/mol. The van der Waals surface area contributed by atoms with Gasteiger partial charge < -0.3 is 15.2 Å². The number of hydrogen-bond acceptors (Lipinski definition) is 7. The van der Waals surface area contributed by atoms with Crippen molar-refractivity contribution in [3.8, 4) is 5.75 Å². The van der Waals surface area contributed by atoms with Crippen LogP contribution in [0.1, 0.15) is 31.9 Å². The zero-order chi connectivity index (χ0) is 20.1. The third-order valence-corrected chi connectivity index (χ3v) is 3.88. The van der Waals surface area contributed by atoms with E-state index in [1.165, 1.54) is 12.1 Å². The van der Waals surface area contributed by atoms with Crippen molar-refractivity contribution in [2.24, 2.45) is 0 Å². The second kappa shape index (κ2) is 8.96. The Labute approximate surface area is 157 Å². The Morgan fingerprint density at radius 2 is 2.00 bits per heavy atom. The lowest BCUT2D eigenvalue weighted by atomic mass is 9.86.